The van der Waals surface area contributed by atoms with Crippen LogP contribution in [-0.2, 0) is 0 Å². The highest BCUT2D eigenvalue weighted by atomic mass is 79.9. The van der Waals surface area contributed by atoms with E-state index in [-0.39, 0.29) is 5.92 Å². The van der Waals surface area contributed by atoms with Gasteiger partial charge in [-0.15, -0.1) is 0 Å². The second kappa shape index (κ2) is 6.33. The highest BCUT2D eigenvalue weighted by Crippen LogP contribution is 2.32. The van der Waals surface area contributed by atoms with E-state index >= 15 is 0 Å². The highest BCUT2D eigenvalue weighted by molar-refractivity contribution is 9.10. The molecular formula is C15H18BrN3O. The van der Waals surface area contributed by atoms with Gasteiger partial charge in [0.2, 0.25) is 0 Å². The molecule has 106 valence electrons. The fraction of sp³-hybridized carbons (Fsp3) is 0.333. The first-order valence-electron chi connectivity index (χ1n) is 6.44. The summed E-state index contributed by atoms with van der Waals surface area (Å²) in [6.07, 6.45) is 0. The molecule has 2 aromatic rings. The fourth-order valence-corrected chi connectivity index (χ4v) is 2.30. The zero-order chi connectivity index (χ0) is 14.7. The topological polar surface area (TPSA) is 61.0 Å². The van der Waals surface area contributed by atoms with E-state index in [4.69, 9.17) is 10.5 Å². The third-order valence-corrected chi connectivity index (χ3v) is 3.60. The molecule has 0 saturated heterocycles. The lowest BCUT2D eigenvalue weighted by molar-refractivity contribution is 0.416. The van der Waals surface area contributed by atoms with E-state index in [9.17, 15) is 0 Å². The van der Waals surface area contributed by atoms with Crippen LogP contribution in [-0.4, -0.2) is 23.6 Å². The summed E-state index contributed by atoms with van der Waals surface area (Å²) >= 11 is 3.48. The van der Waals surface area contributed by atoms with Crippen LogP contribution in [0, 0.1) is 6.92 Å². The lowest BCUT2D eigenvalue weighted by atomic mass is 10.1. The van der Waals surface area contributed by atoms with Crippen LogP contribution in [0.25, 0.3) is 11.3 Å². The molecule has 0 fully saturated rings. The first-order valence-corrected chi connectivity index (χ1v) is 7.24. The largest absolute Gasteiger partial charge is 0.496 e. The minimum Gasteiger partial charge on any atom is -0.496 e. The fourth-order valence-electron chi connectivity index (χ4n) is 1.94. The van der Waals surface area contributed by atoms with Crippen molar-refractivity contribution in [2.45, 2.75) is 19.8 Å². The second-order valence-electron chi connectivity index (χ2n) is 4.73. The summed E-state index contributed by atoms with van der Waals surface area (Å²) in [5, 5.41) is 0. The van der Waals surface area contributed by atoms with Gasteiger partial charge in [-0.1, -0.05) is 22.9 Å². The number of nitrogens with two attached hydrogens (primary N) is 1. The minimum absolute atomic E-state index is 0.131. The normalized spacial score (nSPS) is 12.2. The van der Waals surface area contributed by atoms with Crippen LogP contribution in [0.3, 0.4) is 0 Å². The van der Waals surface area contributed by atoms with Gasteiger partial charge in [0, 0.05) is 28.2 Å². The summed E-state index contributed by atoms with van der Waals surface area (Å²) in [7, 11) is 1.66. The van der Waals surface area contributed by atoms with Gasteiger partial charge in [0.15, 0.2) is 0 Å². The number of benzene rings is 1. The van der Waals surface area contributed by atoms with Gasteiger partial charge in [-0.25, -0.2) is 9.97 Å². The molecule has 0 aliphatic carbocycles. The number of hydrogen-bond acceptors (Lipinski definition) is 4. The van der Waals surface area contributed by atoms with E-state index in [0.29, 0.717) is 6.54 Å². The Morgan fingerprint density at radius 1 is 1.30 bits per heavy atom. The van der Waals surface area contributed by atoms with Crippen molar-refractivity contribution < 1.29 is 4.74 Å². The first-order chi connectivity index (χ1) is 9.55. The first kappa shape index (κ1) is 14.9. The molecule has 5 heteroatoms. The van der Waals surface area contributed by atoms with Crippen molar-refractivity contribution in [1.82, 2.24) is 9.97 Å². The molecule has 4 nitrogen and oxygen atoms in total. The zero-order valence-electron chi connectivity index (χ0n) is 11.9. The molecule has 1 atom stereocenters. The van der Waals surface area contributed by atoms with E-state index in [1.807, 2.05) is 38.1 Å². The van der Waals surface area contributed by atoms with E-state index < -0.39 is 0 Å². The third kappa shape index (κ3) is 3.16. The maximum atomic E-state index is 5.71. The van der Waals surface area contributed by atoms with Crippen molar-refractivity contribution in [3.63, 3.8) is 0 Å². The standard InChI is InChI=1S/C15H18BrN3O/c1-9(8-17)15-18-10(2)6-13(19-15)12-7-11(16)4-5-14(12)20-3/h4-7,9H,8,17H2,1-3H3. The summed E-state index contributed by atoms with van der Waals surface area (Å²) < 4.78 is 6.40. The van der Waals surface area contributed by atoms with Crippen LogP contribution in [0.1, 0.15) is 24.4 Å². The summed E-state index contributed by atoms with van der Waals surface area (Å²) in [5.74, 6) is 1.69. The Labute approximate surface area is 127 Å². The van der Waals surface area contributed by atoms with Gasteiger partial charge in [0.05, 0.1) is 12.8 Å². The van der Waals surface area contributed by atoms with Crippen LogP contribution in [0.4, 0.5) is 0 Å². The third-order valence-electron chi connectivity index (χ3n) is 3.10. The molecule has 2 rings (SSSR count). The molecule has 2 N–H and O–H groups in total. The van der Waals surface area contributed by atoms with Gasteiger partial charge in [0.25, 0.3) is 0 Å². The van der Waals surface area contributed by atoms with Crippen molar-refractivity contribution in [3.05, 3.63) is 40.3 Å². The summed E-state index contributed by atoms with van der Waals surface area (Å²) in [4.78, 5) is 9.10. The number of methoxy groups -OCH3 is 1. The van der Waals surface area contributed by atoms with E-state index in [2.05, 4.69) is 25.9 Å². The second-order valence-corrected chi connectivity index (χ2v) is 5.65. The Kier molecular flexibility index (Phi) is 4.73. The number of ether oxygens (including phenoxy) is 1. The van der Waals surface area contributed by atoms with Crippen LogP contribution >= 0.6 is 15.9 Å². The molecule has 0 radical (unpaired) electrons. The van der Waals surface area contributed by atoms with E-state index in [1.165, 1.54) is 0 Å². The number of aromatic nitrogens is 2. The Hall–Kier alpha value is -1.46. The van der Waals surface area contributed by atoms with Gasteiger partial charge in [-0.3, -0.25) is 0 Å². The average molecular weight is 336 g/mol. The predicted molar refractivity (Wildman–Crippen MR) is 83.9 cm³/mol. The number of aryl methyl sites for hydroxylation is 1. The SMILES string of the molecule is COc1ccc(Br)cc1-c1cc(C)nc(C(C)CN)n1. The van der Waals surface area contributed by atoms with Gasteiger partial charge >= 0.3 is 0 Å². The number of nitrogens with zero attached hydrogens (tertiary/aromatic N) is 2. The van der Waals surface area contributed by atoms with Crippen molar-refractivity contribution in [2.75, 3.05) is 13.7 Å². The Bertz CT molecular complexity index is 616. The van der Waals surface area contributed by atoms with E-state index in [1.54, 1.807) is 7.11 Å². The van der Waals surface area contributed by atoms with Crippen molar-refractivity contribution >= 4 is 15.9 Å². The van der Waals surface area contributed by atoms with Crippen LogP contribution in [0.2, 0.25) is 0 Å². The van der Waals surface area contributed by atoms with Crippen LogP contribution in [0.15, 0.2) is 28.7 Å². The van der Waals surface area contributed by atoms with E-state index in [0.717, 1.165) is 33.0 Å². The van der Waals surface area contributed by atoms with Crippen LogP contribution < -0.4 is 10.5 Å². The minimum atomic E-state index is 0.131. The molecule has 0 amide bonds. The summed E-state index contributed by atoms with van der Waals surface area (Å²) in [6, 6.07) is 7.82. The maximum absolute atomic E-state index is 5.71. The molecule has 0 aliphatic heterocycles. The lowest BCUT2D eigenvalue weighted by Crippen LogP contribution is -2.13. The van der Waals surface area contributed by atoms with Crippen molar-refractivity contribution in [2.24, 2.45) is 5.73 Å². The molecule has 0 spiro atoms. The quantitative estimate of drug-likeness (QED) is 0.931. The smallest absolute Gasteiger partial charge is 0.133 e. The number of hydrogen-bond donors (Lipinski definition) is 1. The average Bonchev–Trinajstić information content (AvgIpc) is 2.45. The highest BCUT2D eigenvalue weighted by Gasteiger charge is 2.13. The maximum Gasteiger partial charge on any atom is 0.133 e. The van der Waals surface area contributed by atoms with Crippen LogP contribution in [0.5, 0.6) is 5.75 Å². The molecule has 0 saturated carbocycles. The van der Waals surface area contributed by atoms with Gasteiger partial charge in [-0.2, -0.15) is 0 Å². The van der Waals surface area contributed by atoms with Gasteiger partial charge in [0.1, 0.15) is 11.6 Å². The molecule has 0 aliphatic rings. The molecule has 1 aromatic heterocycles. The molecule has 1 heterocycles. The molecule has 0 bridgehead atoms. The molecular weight excluding hydrogens is 318 g/mol. The monoisotopic (exact) mass is 335 g/mol. The van der Waals surface area contributed by atoms with Crippen molar-refractivity contribution in [3.8, 4) is 17.0 Å². The lowest BCUT2D eigenvalue weighted by Gasteiger charge is -2.13. The number of halogens is 1. The summed E-state index contributed by atoms with van der Waals surface area (Å²) in [5.41, 5.74) is 8.43. The zero-order valence-corrected chi connectivity index (χ0v) is 13.4. The van der Waals surface area contributed by atoms with Gasteiger partial charge < -0.3 is 10.5 Å². The molecule has 1 unspecified atom stereocenters. The Morgan fingerprint density at radius 3 is 2.70 bits per heavy atom. The Balaban J connectivity index is 2.57. The van der Waals surface area contributed by atoms with Gasteiger partial charge in [-0.05, 0) is 31.2 Å². The Morgan fingerprint density at radius 2 is 2.05 bits per heavy atom. The summed E-state index contributed by atoms with van der Waals surface area (Å²) in [6.45, 7) is 4.51. The van der Waals surface area contributed by atoms with Crippen molar-refractivity contribution in [1.29, 1.82) is 0 Å². The molecule has 20 heavy (non-hydrogen) atoms. The predicted octanol–water partition coefficient (Wildman–Crippen LogP) is 3.29. The molecule has 1 aromatic carbocycles. The number of rotatable bonds is 4.